The van der Waals surface area contributed by atoms with E-state index >= 15 is 0 Å². The summed E-state index contributed by atoms with van der Waals surface area (Å²) in [5, 5.41) is 0. The summed E-state index contributed by atoms with van der Waals surface area (Å²) in [4.78, 5) is 33.7. The van der Waals surface area contributed by atoms with Crippen LogP contribution >= 0.6 is 0 Å². The Labute approximate surface area is 222 Å². The van der Waals surface area contributed by atoms with Crippen LogP contribution in [0.5, 0.6) is 5.75 Å². The fraction of sp³-hybridized carbons (Fsp3) is 0.333. The van der Waals surface area contributed by atoms with Crippen LogP contribution in [0.3, 0.4) is 0 Å². The lowest BCUT2D eigenvalue weighted by atomic mass is 9.78. The summed E-state index contributed by atoms with van der Waals surface area (Å²) < 4.78 is 24.4. The molecule has 0 saturated carbocycles. The normalized spacial score (nSPS) is 19.3. The van der Waals surface area contributed by atoms with E-state index in [1.165, 1.54) is 12.1 Å². The maximum Gasteiger partial charge on any atom is 0.254 e. The van der Waals surface area contributed by atoms with Gasteiger partial charge in [0, 0.05) is 51.1 Å². The number of anilines is 1. The third kappa shape index (κ3) is 4.96. The lowest BCUT2D eigenvalue weighted by molar-refractivity contribution is -0.135. The third-order valence-corrected chi connectivity index (χ3v) is 7.48. The van der Waals surface area contributed by atoms with Gasteiger partial charge in [-0.05, 0) is 53.6 Å². The number of ether oxygens (including phenoxy) is 2. The smallest absolute Gasteiger partial charge is 0.254 e. The minimum absolute atomic E-state index is 0.0314. The van der Waals surface area contributed by atoms with Crippen molar-refractivity contribution in [1.29, 1.82) is 0 Å². The highest BCUT2D eigenvalue weighted by molar-refractivity contribution is 6.01. The highest BCUT2D eigenvalue weighted by Crippen LogP contribution is 2.43. The molecule has 0 radical (unpaired) electrons. The Bertz CT molecular complexity index is 1270. The number of carbonyl (C=O) groups excluding carboxylic acids is 2. The Morgan fingerprint density at radius 2 is 1.61 bits per heavy atom. The summed E-state index contributed by atoms with van der Waals surface area (Å²) in [6.45, 7) is 3.16. The molecule has 3 aromatic rings. The second-order valence-corrected chi connectivity index (χ2v) is 9.56. The number of fused-ring (bicyclic) bond motifs is 1. The fourth-order valence-corrected chi connectivity index (χ4v) is 5.50. The van der Waals surface area contributed by atoms with Gasteiger partial charge in [-0.15, -0.1) is 0 Å². The molecule has 7 nitrogen and oxygen atoms in total. The Morgan fingerprint density at radius 3 is 2.26 bits per heavy atom. The standard InChI is InChI=1S/C30H32FN3O4/c1-37-20-19-34-28(21-7-9-22(31)10-8-21)27(25-5-3-4-6-26(25)29(34)35)30(36)33-17-15-32(16-18-33)23-11-13-24(38-2)14-12-23/h3-14,27-28H,15-20H2,1-2H3/t27-,28+/m1/s1. The molecule has 5 rings (SSSR count). The van der Waals surface area contributed by atoms with Crippen molar-refractivity contribution in [2.24, 2.45) is 0 Å². The van der Waals surface area contributed by atoms with Gasteiger partial charge in [0.2, 0.25) is 5.91 Å². The summed E-state index contributed by atoms with van der Waals surface area (Å²) in [5.74, 6) is -0.356. The molecule has 2 aliphatic rings. The molecule has 0 spiro atoms. The Morgan fingerprint density at radius 1 is 0.921 bits per heavy atom. The molecular weight excluding hydrogens is 485 g/mol. The Kier molecular flexibility index (Phi) is 7.60. The molecule has 38 heavy (non-hydrogen) atoms. The van der Waals surface area contributed by atoms with Gasteiger partial charge < -0.3 is 24.2 Å². The average Bonchev–Trinajstić information content (AvgIpc) is 2.97. The predicted molar refractivity (Wildman–Crippen MR) is 143 cm³/mol. The molecule has 2 aliphatic heterocycles. The van der Waals surface area contributed by atoms with Crippen molar-refractivity contribution >= 4 is 17.5 Å². The predicted octanol–water partition coefficient (Wildman–Crippen LogP) is 4.11. The molecular formula is C30H32FN3O4. The molecule has 2 amide bonds. The first kappa shape index (κ1) is 25.7. The van der Waals surface area contributed by atoms with Gasteiger partial charge in [-0.1, -0.05) is 30.3 Å². The number of methoxy groups -OCH3 is 2. The lowest BCUT2D eigenvalue weighted by Crippen LogP contribution is -2.53. The molecule has 1 fully saturated rings. The van der Waals surface area contributed by atoms with Crippen LogP contribution in [0.25, 0.3) is 0 Å². The molecule has 3 aromatic carbocycles. The van der Waals surface area contributed by atoms with Crippen LogP contribution in [0, 0.1) is 5.82 Å². The molecule has 1 saturated heterocycles. The van der Waals surface area contributed by atoms with E-state index in [1.807, 2.05) is 47.4 Å². The zero-order valence-corrected chi connectivity index (χ0v) is 21.7. The SMILES string of the molecule is COCCN1C(=O)c2ccccc2[C@@H](C(=O)N2CCN(c3ccc(OC)cc3)CC2)[C@@H]1c1ccc(F)cc1. The summed E-state index contributed by atoms with van der Waals surface area (Å²) in [7, 11) is 3.23. The van der Waals surface area contributed by atoms with Crippen LogP contribution in [0.2, 0.25) is 0 Å². The quantitative estimate of drug-likeness (QED) is 0.472. The Hall–Kier alpha value is -3.91. The lowest BCUT2D eigenvalue weighted by Gasteiger charge is -2.44. The van der Waals surface area contributed by atoms with Gasteiger partial charge >= 0.3 is 0 Å². The summed E-state index contributed by atoms with van der Waals surface area (Å²) in [6, 6.07) is 20.8. The number of hydrogen-bond acceptors (Lipinski definition) is 5. The zero-order valence-electron chi connectivity index (χ0n) is 21.7. The van der Waals surface area contributed by atoms with E-state index in [4.69, 9.17) is 9.47 Å². The van der Waals surface area contributed by atoms with Gasteiger partial charge in [-0.2, -0.15) is 0 Å². The van der Waals surface area contributed by atoms with Gasteiger partial charge in [0.15, 0.2) is 0 Å². The van der Waals surface area contributed by atoms with Crippen LogP contribution in [0.1, 0.15) is 33.4 Å². The number of carbonyl (C=O) groups is 2. The Balaban J connectivity index is 1.46. The van der Waals surface area contributed by atoms with Crippen LogP contribution < -0.4 is 9.64 Å². The number of benzene rings is 3. The first-order chi connectivity index (χ1) is 18.5. The minimum atomic E-state index is -0.612. The molecule has 2 heterocycles. The van der Waals surface area contributed by atoms with Crippen molar-refractivity contribution in [3.63, 3.8) is 0 Å². The summed E-state index contributed by atoms with van der Waals surface area (Å²) in [6.07, 6.45) is 0. The number of hydrogen-bond donors (Lipinski definition) is 0. The van der Waals surface area contributed by atoms with Crippen molar-refractivity contribution < 1.29 is 23.5 Å². The van der Waals surface area contributed by atoms with Crippen molar-refractivity contribution in [2.75, 3.05) is 58.5 Å². The van der Waals surface area contributed by atoms with E-state index < -0.39 is 12.0 Å². The van der Waals surface area contributed by atoms with Crippen LogP contribution in [0.4, 0.5) is 10.1 Å². The second-order valence-electron chi connectivity index (χ2n) is 9.56. The number of rotatable bonds is 7. The van der Waals surface area contributed by atoms with Crippen molar-refractivity contribution in [2.45, 2.75) is 12.0 Å². The number of amides is 2. The van der Waals surface area contributed by atoms with Crippen molar-refractivity contribution in [1.82, 2.24) is 9.80 Å². The van der Waals surface area contributed by atoms with E-state index in [9.17, 15) is 14.0 Å². The van der Waals surface area contributed by atoms with E-state index in [0.29, 0.717) is 50.5 Å². The van der Waals surface area contributed by atoms with Crippen LogP contribution in [-0.4, -0.2) is 75.2 Å². The second kappa shape index (κ2) is 11.2. The first-order valence-corrected chi connectivity index (χ1v) is 12.8. The topological polar surface area (TPSA) is 62.3 Å². The van der Waals surface area contributed by atoms with Gasteiger partial charge in [-0.3, -0.25) is 9.59 Å². The molecule has 0 bridgehead atoms. The summed E-state index contributed by atoms with van der Waals surface area (Å²) >= 11 is 0. The maximum absolute atomic E-state index is 14.3. The summed E-state index contributed by atoms with van der Waals surface area (Å²) in [5.41, 5.74) is 3.04. The molecule has 2 atom stereocenters. The first-order valence-electron chi connectivity index (χ1n) is 12.8. The van der Waals surface area contributed by atoms with Crippen LogP contribution in [-0.2, 0) is 9.53 Å². The highest BCUT2D eigenvalue weighted by Gasteiger charge is 2.45. The number of piperazine rings is 1. The maximum atomic E-state index is 14.3. The zero-order chi connectivity index (χ0) is 26.6. The van der Waals surface area contributed by atoms with E-state index in [0.717, 1.165) is 17.0 Å². The average molecular weight is 518 g/mol. The van der Waals surface area contributed by atoms with Crippen LogP contribution in [0.15, 0.2) is 72.8 Å². The monoisotopic (exact) mass is 517 g/mol. The molecule has 0 aliphatic carbocycles. The van der Waals surface area contributed by atoms with Crippen molar-refractivity contribution in [3.8, 4) is 5.75 Å². The minimum Gasteiger partial charge on any atom is -0.497 e. The van der Waals surface area contributed by atoms with E-state index in [2.05, 4.69) is 4.90 Å². The van der Waals surface area contributed by atoms with Gasteiger partial charge in [0.05, 0.1) is 25.7 Å². The van der Waals surface area contributed by atoms with Gasteiger partial charge in [0.1, 0.15) is 11.6 Å². The molecule has 198 valence electrons. The molecule has 0 N–H and O–H groups in total. The van der Waals surface area contributed by atoms with Crippen molar-refractivity contribution in [3.05, 3.63) is 95.3 Å². The number of halogens is 1. The molecule has 8 heteroatoms. The van der Waals surface area contributed by atoms with E-state index in [-0.39, 0.29) is 17.6 Å². The number of nitrogens with zero attached hydrogens (tertiary/aromatic N) is 3. The molecule has 0 aromatic heterocycles. The van der Waals surface area contributed by atoms with Gasteiger partial charge in [-0.25, -0.2) is 4.39 Å². The van der Waals surface area contributed by atoms with E-state index in [1.54, 1.807) is 37.3 Å². The molecule has 0 unspecified atom stereocenters. The highest BCUT2D eigenvalue weighted by atomic mass is 19.1. The largest absolute Gasteiger partial charge is 0.497 e. The van der Waals surface area contributed by atoms with Gasteiger partial charge in [0.25, 0.3) is 5.91 Å². The fourth-order valence-electron chi connectivity index (χ4n) is 5.50. The third-order valence-electron chi connectivity index (χ3n) is 7.48.